The lowest BCUT2D eigenvalue weighted by atomic mass is 9.47. The molecule has 1 aliphatic heterocycles. The third-order valence-corrected chi connectivity index (χ3v) is 4.00. The average molecular weight is 270 g/mol. The largest absolute Gasteiger partial charge is 0.497 e. The Balaban J connectivity index is 2.32. The molecule has 0 atom stereocenters. The molecule has 0 amide bonds. The Hall–Kier alpha value is -1.22. The fourth-order valence-electron chi connectivity index (χ4n) is 3.24. The van der Waals surface area contributed by atoms with Crippen molar-refractivity contribution in [1.82, 2.24) is 9.88 Å². The van der Waals surface area contributed by atoms with E-state index in [4.69, 9.17) is 36.1 Å². The summed E-state index contributed by atoms with van der Waals surface area (Å²) >= 11 is 0. The van der Waals surface area contributed by atoms with Gasteiger partial charge in [0.25, 0.3) is 0 Å². The lowest BCUT2D eigenvalue weighted by molar-refractivity contribution is 0.324. The summed E-state index contributed by atoms with van der Waals surface area (Å²) in [6.07, 6.45) is 0. The molecule has 3 rings (SSSR count). The van der Waals surface area contributed by atoms with Crippen LogP contribution in [0.5, 0.6) is 5.75 Å². The normalized spacial score (nSPS) is 20.9. The van der Waals surface area contributed by atoms with Gasteiger partial charge in [0.15, 0.2) is 0 Å². The zero-order valence-electron chi connectivity index (χ0n) is 12.3. The van der Waals surface area contributed by atoms with Crippen molar-refractivity contribution >= 4 is 42.3 Å². The van der Waals surface area contributed by atoms with Gasteiger partial charge in [0, 0.05) is 22.7 Å². The molecular formula is C14H14B4N2O. The molecule has 21 heavy (non-hydrogen) atoms. The molecule has 0 saturated heterocycles. The van der Waals surface area contributed by atoms with Crippen LogP contribution in [-0.2, 0) is 10.4 Å². The topological polar surface area (TPSA) is 28.3 Å². The van der Waals surface area contributed by atoms with Gasteiger partial charge in [0.05, 0.1) is 38.5 Å². The van der Waals surface area contributed by atoms with Crippen molar-refractivity contribution in [1.29, 1.82) is 0 Å². The maximum Gasteiger partial charge on any atom is 0.120 e. The quantitative estimate of drug-likeness (QED) is 0.744. The molecule has 0 aliphatic carbocycles. The van der Waals surface area contributed by atoms with E-state index in [-0.39, 0.29) is 0 Å². The van der Waals surface area contributed by atoms with Gasteiger partial charge < -0.3 is 14.6 Å². The summed E-state index contributed by atoms with van der Waals surface area (Å²) in [7, 11) is 28.8. The van der Waals surface area contributed by atoms with Gasteiger partial charge >= 0.3 is 0 Å². The minimum absolute atomic E-state index is 0.458. The molecule has 7 heteroatoms. The maximum absolute atomic E-state index is 6.36. The molecule has 2 heterocycles. The Morgan fingerprint density at radius 3 is 2.48 bits per heavy atom. The smallest absolute Gasteiger partial charge is 0.120 e. The van der Waals surface area contributed by atoms with Gasteiger partial charge in [-0.2, -0.15) is 0 Å². The maximum atomic E-state index is 6.36. The van der Waals surface area contributed by atoms with E-state index in [0.717, 1.165) is 22.2 Å². The van der Waals surface area contributed by atoms with Gasteiger partial charge in [0.2, 0.25) is 0 Å². The molecule has 1 N–H and O–H groups in total. The molecule has 8 radical (unpaired) electrons. The van der Waals surface area contributed by atoms with Crippen molar-refractivity contribution in [2.45, 2.75) is 10.4 Å². The third kappa shape index (κ3) is 2.32. The van der Waals surface area contributed by atoms with Crippen molar-refractivity contribution in [2.75, 3.05) is 27.2 Å². The van der Waals surface area contributed by atoms with Crippen LogP contribution in [0, 0.1) is 0 Å². The molecule has 1 aromatic carbocycles. The average Bonchev–Trinajstić information content (AvgIpc) is 2.73. The Kier molecular flexibility index (Phi) is 3.25. The second kappa shape index (κ2) is 4.64. The number of likely N-dealkylation sites (N-methyl/N-ethyl adjacent to an activating group) is 1. The number of methoxy groups -OCH3 is 1. The zero-order chi connectivity index (χ0) is 15.4. The number of H-pyrrole nitrogens is 1. The van der Waals surface area contributed by atoms with Crippen LogP contribution in [0.1, 0.15) is 11.3 Å². The predicted molar refractivity (Wildman–Crippen MR) is 88.7 cm³/mol. The molecule has 1 aromatic heterocycles. The summed E-state index contributed by atoms with van der Waals surface area (Å²) in [5, 5.41) is -1.15. The predicted octanol–water partition coefficient (Wildman–Crippen LogP) is 0.101. The second-order valence-electron chi connectivity index (χ2n) is 6.04. The first kappa shape index (κ1) is 14.7. The summed E-state index contributed by atoms with van der Waals surface area (Å²) < 4.78 is 5.25. The molecule has 0 fully saturated rings. The number of ether oxygens (including phenoxy) is 1. The van der Waals surface area contributed by atoms with Crippen molar-refractivity contribution in [3.8, 4) is 5.75 Å². The van der Waals surface area contributed by atoms with Gasteiger partial charge in [-0.25, -0.2) is 0 Å². The first-order chi connectivity index (χ1) is 9.74. The van der Waals surface area contributed by atoms with Gasteiger partial charge in [-0.15, -0.1) is 0 Å². The monoisotopic (exact) mass is 270 g/mol. The van der Waals surface area contributed by atoms with Gasteiger partial charge in [0.1, 0.15) is 5.75 Å². The van der Waals surface area contributed by atoms with E-state index in [1.54, 1.807) is 7.11 Å². The van der Waals surface area contributed by atoms with Crippen LogP contribution in [0.25, 0.3) is 10.9 Å². The highest BCUT2D eigenvalue weighted by Crippen LogP contribution is 2.38. The number of aromatic nitrogens is 1. The first-order valence-electron chi connectivity index (χ1n) is 6.79. The molecule has 0 unspecified atom stereocenters. The van der Waals surface area contributed by atoms with E-state index in [1.165, 1.54) is 0 Å². The van der Waals surface area contributed by atoms with E-state index in [0.29, 0.717) is 18.8 Å². The van der Waals surface area contributed by atoms with Crippen LogP contribution in [-0.4, -0.2) is 68.5 Å². The van der Waals surface area contributed by atoms with Crippen molar-refractivity contribution < 1.29 is 4.74 Å². The SMILES string of the molecule is [B]C1([B])CN(C)CC([B])([B])c2c1[nH]c1cc(OC)ccc21. The molecule has 3 nitrogen and oxygen atoms in total. The number of hydrogen-bond acceptors (Lipinski definition) is 2. The minimum atomic E-state index is -1.04. The van der Waals surface area contributed by atoms with E-state index in [1.807, 2.05) is 30.1 Å². The number of aromatic amines is 1. The summed E-state index contributed by atoms with van der Waals surface area (Å²) in [5.74, 6) is 0.746. The molecule has 1 aliphatic rings. The molecule has 0 spiro atoms. The van der Waals surface area contributed by atoms with Crippen molar-refractivity contribution in [3.63, 3.8) is 0 Å². The highest BCUT2D eigenvalue weighted by atomic mass is 16.5. The standard InChI is InChI=1S/C14H14B4N2O/c1-20-6-13(15,16)11-9-4-3-8(21-2)5-10(9)19-12(11)14(17,18)7-20/h3-5,19H,6-7H2,1-2H3. The highest BCUT2D eigenvalue weighted by Gasteiger charge is 2.37. The zero-order valence-corrected chi connectivity index (χ0v) is 12.3. The number of nitrogens with zero attached hydrogens (tertiary/aromatic N) is 1. The summed E-state index contributed by atoms with van der Waals surface area (Å²) in [6, 6.07) is 5.69. The number of fused-ring (bicyclic) bond motifs is 3. The number of rotatable bonds is 1. The third-order valence-electron chi connectivity index (χ3n) is 4.00. The van der Waals surface area contributed by atoms with Crippen molar-refractivity contribution in [2.24, 2.45) is 0 Å². The van der Waals surface area contributed by atoms with Crippen LogP contribution in [0.2, 0.25) is 0 Å². The minimum Gasteiger partial charge on any atom is -0.497 e. The summed E-state index contributed by atoms with van der Waals surface area (Å²) in [5.41, 5.74) is 2.32. The highest BCUT2D eigenvalue weighted by molar-refractivity contribution is 6.44. The Bertz CT molecular complexity index is 696. The van der Waals surface area contributed by atoms with E-state index in [9.17, 15) is 0 Å². The Morgan fingerprint density at radius 2 is 1.81 bits per heavy atom. The molecule has 2 aromatic rings. The molecule has 0 bridgehead atoms. The van der Waals surface area contributed by atoms with Gasteiger partial charge in [-0.3, -0.25) is 0 Å². The number of nitrogens with one attached hydrogen (secondary N) is 1. The summed E-state index contributed by atoms with van der Waals surface area (Å²) in [4.78, 5) is 5.23. The van der Waals surface area contributed by atoms with Crippen LogP contribution >= 0.6 is 0 Å². The van der Waals surface area contributed by atoms with Crippen molar-refractivity contribution in [3.05, 3.63) is 29.5 Å². The van der Waals surface area contributed by atoms with Crippen LogP contribution in [0.3, 0.4) is 0 Å². The van der Waals surface area contributed by atoms with Crippen LogP contribution < -0.4 is 4.74 Å². The molecule has 0 saturated carbocycles. The van der Waals surface area contributed by atoms with E-state index in [2.05, 4.69) is 4.98 Å². The number of benzene rings is 1. The second-order valence-corrected chi connectivity index (χ2v) is 6.04. The fourth-order valence-corrected chi connectivity index (χ4v) is 3.24. The van der Waals surface area contributed by atoms with Gasteiger partial charge in [-0.1, -0.05) is 5.21 Å². The Labute approximate surface area is 130 Å². The number of hydrogen-bond donors (Lipinski definition) is 1. The van der Waals surface area contributed by atoms with Crippen LogP contribution in [0.15, 0.2) is 18.2 Å². The van der Waals surface area contributed by atoms with Crippen LogP contribution in [0.4, 0.5) is 0 Å². The van der Waals surface area contributed by atoms with Gasteiger partial charge in [-0.05, 0) is 43.0 Å². The Morgan fingerprint density at radius 1 is 1.14 bits per heavy atom. The first-order valence-corrected chi connectivity index (χ1v) is 6.79. The lowest BCUT2D eigenvalue weighted by Gasteiger charge is -2.29. The molecular weight excluding hydrogens is 255 g/mol. The van der Waals surface area contributed by atoms with E-state index >= 15 is 0 Å². The summed E-state index contributed by atoms with van der Waals surface area (Å²) in [6.45, 7) is 0.926. The lowest BCUT2D eigenvalue weighted by Crippen LogP contribution is -2.42. The molecule has 98 valence electrons. The van der Waals surface area contributed by atoms with E-state index < -0.39 is 10.4 Å². The fraction of sp³-hybridized carbons (Fsp3) is 0.429.